The molecule has 1 aromatic carbocycles. The van der Waals surface area contributed by atoms with E-state index in [9.17, 15) is 0 Å². The lowest BCUT2D eigenvalue weighted by Crippen LogP contribution is -2.30. The molecule has 3 nitrogen and oxygen atoms in total. The molecule has 0 aliphatic heterocycles. The second kappa shape index (κ2) is 6.62. The Morgan fingerprint density at radius 1 is 1.24 bits per heavy atom. The maximum absolute atomic E-state index is 5.59. The zero-order valence-corrected chi connectivity index (χ0v) is 11.1. The Morgan fingerprint density at radius 2 is 1.88 bits per heavy atom. The molecule has 0 radical (unpaired) electrons. The lowest BCUT2D eigenvalue weighted by Gasteiger charge is -2.24. The molecule has 96 valence electrons. The normalized spacial score (nSPS) is 11.5. The molecule has 1 rings (SSSR count). The van der Waals surface area contributed by atoms with Gasteiger partial charge in [-0.1, -0.05) is 26.0 Å². The van der Waals surface area contributed by atoms with Gasteiger partial charge < -0.3 is 15.8 Å². The Balaban J connectivity index is 2.35. The molecule has 3 heteroatoms. The molecule has 0 bridgehead atoms. The van der Waals surface area contributed by atoms with Gasteiger partial charge in [0.25, 0.3) is 0 Å². The molecule has 0 aliphatic carbocycles. The van der Waals surface area contributed by atoms with Gasteiger partial charge in [-0.05, 0) is 36.1 Å². The van der Waals surface area contributed by atoms with E-state index in [0.717, 1.165) is 31.8 Å². The molecular formula is C14H24N2O. The van der Waals surface area contributed by atoms with Gasteiger partial charge in [-0.25, -0.2) is 0 Å². The van der Waals surface area contributed by atoms with Gasteiger partial charge in [0.05, 0.1) is 7.11 Å². The topological polar surface area (TPSA) is 47.3 Å². The highest BCUT2D eigenvalue weighted by molar-refractivity contribution is 5.26. The van der Waals surface area contributed by atoms with Gasteiger partial charge in [0, 0.05) is 13.1 Å². The molecule has 0 aliphatic rings. The maximum Gasteiger partial charge on any atom is 0.118 e. The number of rotatable bonds is 7. The van der Waals surface area contributed by atoms with Crippen molar-refractivity contribution in [3.05, 3.63) is 29.8 Å². The number of nitrogens with one attached hydrogen (secondary N) is 1. The predicted molar refractivity (Wildman–Crippen MR) is 72.2 cm³/mol. The van der Waals surface area contributed by atoms with Crippen LogP contribution in [0.5, 0.6) is 5.75 Å². The van der Waals surface area contributed by atoms with Crippen molar-refractivity contribution in [2.24, 2.45) is 11.1 Å². The Labute approximate surface area is 104 Å². The van der Waals surface area contributed by atoms with E-state index >= 15 is 0 Å². The standard InChI is InChI=1S/C14H24N2O/c1-14(2,8-9-15)11-16-10-12-4-6-13(17-3)7-5-12/h4-7,16H,8-11,15H2,1-3H3. The fourth-order valence-electron chi connectivity index (χ4n) is 1.77. The molecule has 0 saturated heterocycles. The quantitative estimate of drug-likeness (QED) is 0.762. The Hall–Kier alpha value is -1.06. The summed E-state index contributed by atoms with van der Waals surface area (Å²) >= 11 is 0. The van der Waals surface area contributed by atoms with Crippen LogP contribution in [0.3, 0.4) is 0 Å². The third-order valence-corrected chi connectivity index (χ3v) is 2.91. The van der Waals surface area contributed by atoms with Crippen molar-refractivity contribution in [1.29, 1.82) is 0 Å². The molecule has 3 N–H and O–H groups in total. The van der Waals surface area contributed by atoms with Crippen molar-refractivity contribution in [3.8, 4) is 5.75 Å². The van der Waals surface area contributed by atoms with Crippen LogP contribution in [0.4, 0.5) is 0 Å². The summed E-state index contributed by atoms with van der Waals surface area (Å²) in [4.78, 5) is 0. The Bertz CT molecular complexity index is 319. The van der Waals surface area contributed by atoms with Gasteiger partial charge in [0.15, 0.2) is 0 Å². The highest BCUT2D eigenvalue weighted by Crippen LogP contribution is 2.18. The van der Waals surface area contributed by atoms with Gasteiger partial charge in [-0.3, -0.25) is 0 Å². The summed E-state index contributed by atoms with van der Waals surface area (Å²) in [5.74, 6) is 0.900. The third kappa shape index (κ3) is 5.20. The summed E-state index contributed by atoms with van der Waals surface area (Å²) in [6.07, 6.45) is 1.04. The van der Waals surface area contributed by atoms with Crippen molar-refractivity contribution >= 4 is 0 Å². The predicted octanol–water partition coefficient (Wildman–Crippen LogP) is 2.16. The average molecular weight is 236 g/mol. The van der Waals surface area contributed by atoms with Gasteiger partial charge in [-0.2, -0.15) is 0 Å². The molecule has 0 unspecified atom stereocenters. The number of benzene rings is 1. The van der Waals surface area contributed by atoms with Crippen LogP contribution in [-0.4, -0.2) is 20.2 Å². The SMILES string of the molecule is COc1ccc(CNCC(C)(C)CCN)cc1. The third-order valence-electron chi connectivity index (χ3n) is 2.91. The van der Waals surface area contributed by atoms with Crippen LogP contribution >= 0.6 is 0 Å². The minimum absolute atomic E-state index is 0.265. The van der Waals surface area contributed by atoms with E-state index in [1.165, 1.54) is 5.56 Å². The fourth-order valence-corrected chi connectivity index (χ4v) is 1.77. The van der Waals surface area contributed by atoms with Gasteiger partial charge >= 0.3 is 0 Å². The fraction of sp³-hybridized carbons (Fsp3) is 0.571. The Morgan fingerprint density at radius 3 is 2.41 bits per heavy atom. The lowest BCUT2D eigenvalue weighted by atomic mass is 9.89. The number of ether oxygens (including phenoxy) is 1. The first-order valence-corrected chi connectivity index (χ1v) is 6.11. The highest BCUT2D eigenvalue weighted by Gasteiger charge is 2.15. The lowest BCUT2D eigenvalue weighted by molar-refractivity contribution is 0.319. The summed E-state index contributed by atoms with van der Waals surface area (Å²) in [7, 11) is 1.68. The van der Waals surface area contributed by atoms with Crippen LogP contribution in [0, 0.1) is 5.41 Å². The number of hydrogen-bond acceptors (Lipinski definition) is 3. The van der Waals surface area contributed by atoms with E-state index in [4.69, 9.17) is 10.5 Å². The molecule has 0 fully saturated rings. The smallest absolute Gasteiger partial charge is 0.118 e. The zero-order valence-electron chi connectivity index (χ0n) is 11.1. The number of nitrogens with two attached hydrogens (primary N) is 1. The van der Waals surface area contributed by atoms with Crippen molar-refractivity contribution in [1.82, 2.24) is 5.32 Å². The van der Waals surface area contributed by atoms with E-state index in [-0.39, 0.29) is 5.41 Å². The van der Waals surface area contributed by atoms with Crippen molar-refractivity contribution in [2.75, 3.05) is 20.2 Å². The molecule has 0 amide bonds. The largest absolute Gasteiger partial charge is 0.497 e. The second-order valence-electron chi connectivity index (χ2n) is 5.15. The van der Waals surface area contributed by atoms with E-state index in [0.29, 0.717) is 0 Å². The second-order valence-corrected chi connectivity index (χ2v) is 5.15. The van der Waals surface area contributed by atoms with E-state index < -0.39 is 0 Å². The highest BCUT2D eigenvalue weighted by atomic mass is 16.5. The molecule has 0 atom stereocenters. The molecule has 17 heavy (non-hydrogen) atoms. The van der Waals surface area contributed by atoms with Gasteiger partial charge in [-0.15, -0.1) is 0 Å². The minimum Gasteiger partial charge on any atom is -0.497 e. The van der Waals surface area contributed by atoms with Gasteiger partial charge in [0.2, 0.25) is 0 Å². The first-order chi connectivity index (χ1) is 8.07. The van der Waals surface area contributed by atoms with Crippen LogP contribution in [-0.2, 0) is 6.54 Å². The zero-order chi connectivity index (χ0) is 12.7. The number of hydrogen-bond donors (Lipinski definition) is 2. The summed E-state index contributed by atoms with van der Waals surface area (Å²) in [5.41, 5.74) is 7.13. The van der Waals surface area contributed by atoms with Gasteiger partial charge in [0.1, 0.15) is 5.75 Å². The van der Waals surface area contributed by atoms with Crippen LogP contribution in [0.15, 0.2) is 24.3 Å². The molecule has 0 spiro atoms. The van der Waals surface area contributed by atoms with Crippen LogP contribution in [0.25, 0.3) is 0 Å². The van der Waals surface area contributed by atoms with Crippen molar-refractivity contribution in [2.45, 2.75) is 26.8 Å². The molecule has 0 heterocycles. The summed E-state index contributed by atoms with van der Waals surface area (Å²) < 4.78 is 5.13. The molecule has 0 aromatic heterocycles. The maximum atomic E-state index is 5.59. The average Bonchev–Trinajstić information content (AvgIpc) is 2.29. The Kier molecular flexibility index (Phi) is 5.45. The van der Waals surface area contributed by atoms with Crippen LogP contribution < -0.4 is 15.8 Å². The first kappa shape index (κ1) is 14.0. The summed E-state index contributed by atoms with van der Waals surface area (Å²) in [6, 6.07) is 8.15. The van der Waals surface area contributed by atoms with Crippen molar-refractivity contribution in [3.63, 3.8) is 0 Å². The van der Waals surface area contributed by atoms with E-state index in [1.807, 2.05) is 12.1 Å². The van der Waals surface area contributed by atoms with E-state index in [2.05, 4.69) is 31.3 Å². The molecule has 0 saturated carbocycles. The first-order valence-electron chi connectivity index (χ1n) is 6.11. The molecular weight excluding hydrogens is 212 g/mol. The summed E-state index contributed by atoms with van der Waals surface area (Å²) in [6.45, 7) is 7.09. The van der Waals surface area contributed by atoms with E-state index in [1.54, 1.807) is 7.11 Å². The minimum atomic E-state index is 0.265. The van der Waals surface area contributed by atoms with Crippen molar-refractivity contribution < 1.29 is 4.74 Å². The monoisotopic (exact) mass is 236 g/mol. The van der Waals surface area contributed by atoms with Crippen LogP contribution in [0.2, 0.25) is 0 Å². The van der Waals surface area contributed by atoms with Crippen LogP contribution in [0.1, 0.15) is 25.8 Å². The summed E-state index contributed by atoms with van der Waals surface area (Å²) in [5, 5.41) is 3.47. The number of methoxy groups -OCH3 is 1. The molecule has 1 aromatic rings.